The van der Waals surface area contributed by atoms with Gasteiger partial charge in [-0.1, -0.05) is 17.7 Å². The molecule has 2 rings (SSSR count). The lowest BCUT2D eigenvalue weighted by atomic mass is 9.99. The van der Waals surface area contributed by atoms with Crippen LogP contribution in [0.1, 0.15) is 22.5 Å². The number of aromatic nitrogens is 3. The van der Waals surface area contributed by atoms with Gasteiger partial charge in [-0.2, -0.15) is 0 Å². The molecular formula is C13H14ClN3. The highest BCUT2D eigenvalue weighted by Gasteiger charge is 2.11. The molecule has 0 radical (unpaired) electrons. The molecule has 0 N–H and O–H groups in total. The van der Waals surface area contributed by atoms with Crippen LogP contribution in [0.15, 0.2) is 12.1 Å². The first kappa shape index (κ1) is 12.0. The van der Waals surface area contributed by atoms with Crippen molar-refractivity contribution in [2.45, 2.75) is 27.7 Å². The van der Waals surface area contributed by atoms with Crippen LogP contribution in [0.3, 0.4) is 0 Å². The maximum Gasteiger partial charge on any atom is 0.159 e. The minimum atomic E-state index is 0.406. The number of benzene rings is 1. The highest BCUT2D eigenvalue weighted by Crippen LogP contribution is 2.28. The molecule has 0 atom stereocenters. The van der Waals surface area contributed by atoms with Gasteiger partial charge in [-0.05, 0) is 50.5 Å². The third-order valence-electron chi connectivity index (χ3n) is 2.85. The Hall–Kier alpha value is -1.48. The Kier molecular flexibility index (Phi) is 3.11. The summed E-state index contributed by atoms with van der Waals surface area (Å²) in [4.78, 5) is 4.13. The van der Waals surface area contributed by atoms with Gasteiger partial charge >= 0.3 is 0 Å². The molecule has 17 heavy (non-hydrogen) atoms. The van der Waals surface area contributed by atoms with Crippen LogP contribution in [0.2, 0.25) is 5.15 Å². The largest absolute Gasteiger partial charge is 0.217 e. The first-order valence-electron chi connectivity index (χ1n) is 5.44. The first-order chi connectivity index (χ1) is 7.99. The molecule has 88 valence electrons. The van der Waals surface area contributed by atoms with Crippen LogP contribution in [0.25, 0.3) is 11.3 Å². The zero-order valence-corrected chi connectivity index (χ0v) is 11.1. The van der Waals surface area contributed by atoms with Crippen molar-refractivity contribution < 1.29 is 0 Å². The number of nitrogens with zero attached hydrogens (tertiary/aromatic N) is 3. The molecule has 0 saturated carbocycles. The Bertz CT molecular complexity index is 579. The van der Waals surface area contributed by atoms with E-state index in [9.17, 15) is 0 Å². The van der Waals surface area contributed by atoms with Crippen molar-refractivity contribution in [2.24, 2.45) is 0 Å². The van der Waals surface area contributed by atoms with Crippen molar-refractivity contribution >= 4 is 11.6 Å². The maximum atomic E-state index is 6.11. The molecule has 0 saturated heterocycles. The molecule has 1 aromatic heterocycles. The van der Waals surface area contributed by atoms with E-state index in [1.807, 2.05) is 6.92 Å². The minimum Gasteiger partial charge on any atom is -0.217 e. The van der Waals surface area contributed by atoms with Crippen LogP contribution in [0.4, 0.5) is 0 Å². The molecule has 1 aromatic carbocycles. The Labute approximate surface area is 106 Å². The van der Waals surface area contributed by atoms with Crippen LogP contribution in [0.5, 0.6) is 0 Å². The molecular weight excluding hydrogens is 234 g/mol. The fourth-order valence-electron chi connectivity index (χ4n) is 1.76. The van der Waals surface area contributed by atoms with Gasteiger partial charge in [0.1, 0.15) is 11.5 Å². The van der Waals surface area contributed by atoms with Crippen molar-refractivity contribution in [3.8, 4) is 11.3 Å². The summed E-state index contributed by atoms with van der Waals surface area (Å²) in [6.07, 6.45) is 0. The van der Waals surface area contributed by atoms with E-state index >= 15 is 0 Å². The second-order valence-electron chi connectivity index (χ2n) is 4.25. The van der Waals surface area contributed by atoms with E-state index in [4.69, 9.17) is 11.6 Å². The Morgan fingerprint density at radius 2 is 1.53 bits per heavy atom. The van der Waals surface area contributed by atoms with E-state index in [1.54, 1.807) is 6.92 Å². The van der Waals surface area contributed by atoms with Gasteiger partial charge in [0.05, 0.1) is 0 Å². The molecule has 0 bridgehead atoms. The molecule has 0 amide bonds. The maximum absolute atomic E-state index is 6.11. The fraction of sp³-hybridized carbons (Fsp3) is 0.308. The first-order valence-corrected chi connectivity index (χ1v) is 5.82. The highest BCUT2D eigenvalue weighted by molar-refractivity contribution is 6.31. The third-order valence-corrected chi connectivity index (χ3v) is 3.11. The third kappa shape index (κ3) is 2.29. The smallest absolute Gasteiger partial charge is 0.159 e. The fourth-order valence-corrected chi connectivity index (χ4v) is 2.02. The van der Waals surface area contributed by atoms with Crippen LogP contribution in [-0.2, 0) is 0 Å². The van der Waals surface area contributed by atoms with E-state index < -0.39 is 0 Å². The monoisotopic (exact) mass is 247 g/mol. The van der Waals surface area contributed by atoms with Crippen LogP contribution in [-0.4, -0.2) is 15.2 Å². The molecule has 0 fully saturated rings. The molecule has 0 spiro atoms. The van der Waals surface area contributed by atoms with E-state index in [2.05, 4.69) is 41.2 Å². The second kappa shape index (κ2) is 4.41. The molecule has 0 aliphatic rings. The predicted octanol–water partition coefficient (Wildman–Crippen LogP) is 3.43. The average molecular weight is 248 g/mol. The van der Waals surface area contributed by atoms with E-state index in [1.165, 1.54) is 11.1 Å². The van der Waals surface area contributed by atoms with Crippen LogP contribution < -0.4 is 0 Å². The lowest BCUT2D eigenvalue weighted by molar-refractivity contribution is 0.913. The Balaban J connectivity index is 2.64. The molecule has 3 nitrogen and oxygen atoms in total. The number of rotatable bonds is 1. The lowest BCUT2D eigenvalue weighted by Crippen LogP contribution is -1.98. The molecule has 0 unspecified atom stereocenters. The van der Waals surface area contributed by atoms with Gasteiger partial charge in [-0.25, -0.2) is 4.98 Å². The molecule has 1 heterocycles. The van der Waals surface area contributed by atoms with Crippen LogP contribution in [0, 0.1) is 27.7 Å². The topological polar surface area (TPSA) is 38.7 Å². The zero-order chi connectivity index (χ0) is 12.6. The number of halogens is 1. The Morgan fingerprint density at radius 3 is 2.18 bits per heavy atom. The predicted molar refractivity (Wildman–Crippen MR) is 69.2 cm³/mol. The summed E-state index contributed by atoms with van der Waals surface area (Å²) in [6, 6.07) is 4.21. The molecule has 2 aromatic rings. The summed E-state index contributed by atoms with van der Waals surface area (Å²) < 4.78 is 0. The summed E-state index contributed by atoms with van der Waals surface area (Å²) in [6.45, 7) is 7.98. The van der Waals surface area contributed by atoms with Gasteiger partial charge in [0.15, 0.2) is 5.15 Å². The summed E-state index contributed by atoms with van der Waals surface area (Å²) in [5, 5.41) is 8.51. The summed E-state index contributed by atoms with van der Waals surface area (Å²) >= 11 is 6.11. The van der Waals surface area contributed by atoms with Gasteiger partial charge in [0.2, 0.25) is 0 Å². The normalized spacial score (nSPS) is 10.6. The van der Waals surface area contributed by atoms with E-state index in [0.29, 0.717) is 16.7 Å². The van der Waals surface area contributed by atoms with Crippen molar-refractivity contribution in [3.05, 3.63) is 39.8 Å². The standard InChI is InChI=1S/C13H14ClN3/c1-7-5-9(3)11(6-8(7)2)12-13(14)15-10(4)16-17-12/h5-6H,1-4H3. The van der Waals surface area contributed by atoms with Gasteiger partial charge in [0.25, 0.3) is 0 Å². The van der Waals surface area contributed by atoms with E-state index in [0.717, 1.165) is 11.1 Å². The van der Waals surface area contributed by atoms with Crippen molar-refractivity contribution in [3.63, 3.8) is 0 Å². The van der Waals surface area contributed by atoms with E-state index in [-0.39, 0.29) is 0 Å². The molecule has 4 heteroatoms. The van der Waals surface area contributed by atoms with Crippen LogP contribution >= 0.6 is 11.6 Å². The SMILES string of the molecule is Cc1nnc(-c2cc(C)c(C)cc2C)c(Cl)n1. The summed E-state index contributed by atoms with van der Waals surface area (Å²) in [5.41, 5.74) is 5.25. The lowest BCUT2D eigenvalue weighted by Gasteiger charge is -2.09. The van der Waals surface area contributed by atoms with Gasteiger partial charge in [0, 0.05) is 5.56 Å². The molecule has 0 aliphatic carbocycles. The summed E-state index contributed by atoms with van der Waals surface area (Å²) in [7, 11) is 0. The molecule has 0 aliphatic heterocycles. The minimum absolute atomic E-state index is 0.406. The van der Waals surface area contributed by atoms with Gasteiger partial charge in [-0.15, -0.1) is 10.2 Å². The summed E-state index contributed by atoms with van der Waals surface area (Å²) in [5.74, 6) is 0.584. The average Bonchev–Trinajstić information content (AvgIpc) is 2.24. The van der Waals surface area contributed by atoms with Crippen molar-refractivity contribution in [2.75, 3.05) is 0 Å². The Morgan fingerprint density at radius 1 is 0.882 bits per heavy atom. The van der Waals surface area contributed by atoms with Gasteiger partial charge < -0.3 is 0 Å². The number of aryl methyl sites for hydroxylation is 4. The second-order valence-corrected chi connectivity index (χ2v) is 4.61. The highest BCUT2D eigenvalue weighted by atomic mass is 35.5. The number of hydrogen-bond donors (Lipinski definition) is 0. The zero-order valence-electron chi connectivity index (χ0n) is 10.4. The van der Waals surface area contributed by atoms with Crippen molar-refractivity contribution in [1.82, 2.24) is 15.2 Å². The van der Waals surface area contributed by atoms with Gasteiger partial charge in [-0.3, -0.25) is 0 Å². The number of hydrogen-bond acceptors (Lipinski definition) is 3. The quantitative estimate of drug-likeness (QED) is 0.775. The van der Waals surface area contributed by atoms with Crippen molar-refractivity contribution in [1.29, 1.82) is 0 Å².